The highest BCUT2D eigenvalue weighted by atomic mass is 79.9. The molecule has 1 heterocycles. The number of nitrogens with zero attached hydrogens (tertiary/aromatic N) is 1. The van der Waals surface area contributed by atoms with E-state index in [9.17, 15) is 0 Å². The summed E-state index contributed by atoms with van der Waals surface area (Å²) >= 11 is 3.45. The van der Waals surface area contributed by atoms with Crippen molar-refractivity contribution in [2.75, 3.05) is 0 Å². The molecule has 0 atom stereocenters. The van der Waals surface area contributed by atoms with Crippen molar-refractivity contribution in [3.05, 3.63) is 27.5 Å². The molecule has 0 saturated heterocycles. The molecule has 1 aromatic rings. The molecule has 0 bridgehead atoms. The highest BCUT2D eigenvalue weighted by Crippen LogP contribution is 2.21. The maximum Gasteiger partial charge on any atom is 0.0517 e. The zero-order valence-corrected chi connectivity index (χ0v) is 8.27. The van der Waals surface area contributed by atoms with E-state index in [2.05, 4.69) is 20.9 Å². The van der Waals surface area contributed by atoms with E-state index < -0.39 is 0 Å². The third-order valence-corrected chi connectivity index (χ3v) is 2.93. The van der Waals surface area contributed by atoms with Gasteiger partial charge in [-0.15, -0.1) is 0 Å². The molecule has 1 rings (SSSR count). The van der Waals surface area contributed by atoms with Crippen LogP contribution in [0.15, 0.2) is 10.7 Å². The average Bonchev–Trinajstić information content (AvgIpc) is 2.01. The number of nitrogens with two attached hydrogens (primary N) is 1. The minimum absolute atomic E-state index is 0.553. The number of rotatable bonds is 1. The van der Waals surface area contributed by atoms with Gasteiger partial charge in [-0.05, 0) is 40.9 Å². The van der Waals surface area contributed by atoms with Crippen LogP contribution in [-0.4, -0.2) is 4.98 Å². The fourth-order valence-electron chi connectivity index (χ4n) is 0.946. The Kier molecular flexibility index (Phi) is 2.62. The summed E-state index contributed by atoms with van der Waals surface area (Å²) in [6.45, 7) is 4.57. The third-order valence-electron chi connectivity index (χ3n) is 1.76. The average molecular weight is 215 g/mol. The van der Waals surface area contributed by atoms with E-state index >= 15 is 0 Å². The maximum atomic E-state index is 5.51. The summed E-state index contributed by atoms with van der Waals surface area (Å²) in [7, 11) is 0. The van der Waals surface area contributed by atoms with Gasteiger partial charge in [0.05, 0.1) is 5.69 Å². The Bertz CT molecular complexity index is 271. The Labute approximate surface area is 75.0 Å². The molecule has 0 radical (unpaired) electrons. The van der Waals surface area contributed by atoms with Gasteiger partial charge >= 0.3 is 0 Å². The van der Waals surface area contributed by atoms with Crippen LogP contribution in [0.4, 0.5) is 0 Å². The summed E-state index contributed by atoms with van der Waals surface area (Å²) < 4.78 is 1.07. The monoisotopic (exact) mass is 214 g/mol. The molecule has 0 fully saturated rings. The Morgan fingerprint density at radius 2 is 2.18 bits per heavy atom. The molecule has 0 aliphatic heterocycles. The van der Waals surface area contributed by atoms with Crippen LogP contribution >= 0.6 is 15.9 Å². The number of aromatic nitrogens is 1. The first-order valence-electron chi connectivity index (χ1n) is 3.47. The highest BCUT2D eigenvalue weighted by molar-refractivity contribution is 9.10. The summed E-state index contributed by atoms with van der Waals surface area (Å²) in [4.78, 5) is 4.18. The first-order chi connectivity index (χ1) is 5.16. The Hall–Kier alpha value is -0.410. The van der Waals surface area contributed by atoms with Gasteiger partial charge in [-0.25, -0.2) is 0 Å². The maximum absolute atomic E-state index is 5.51. The summed E-state index contributed by atoms with van der Waals surface area (Å²) in [6, 6.07) is 0. The van der Waals surface area contributed by atoms with Gasteiger partial charge in [0.25, 0.3) is 0 Å². The van der Waals surface area contributed by atoms with Crippen LogP contribution < -0.4 is 5.73 Å². The molecule has 0 aliphatic rings. The van der Waals surface area contributed by atoms with Crippen LogP contribution in [0.5, 0.6) is 0 Å². The quantitative estimate of drug-likeness (QED) is 0.777. The summed E-state index contributed by atoms with van der Waals surface area (Å²) in [5, 5.41) is 0. The zero-order valence-electron chi connectivity index (χ0n) is 6.69. The first-order valence-corrected chi connectivity index (χ1v) is 4.26. The second kappa shape index (κ2) is 3.32. The van der Waals surface area contributed by atoms with Gasteiger partial charge in [-0.3, -0.25) is 4.98 Å². The lowest BCUT2D eigenvalue weighted by atomic mass is 10.1. The molecule has 1 aromatic heterocycles. The molecule has 0 aromatic carbocycles. The lowest BCUT2D eigenvalue weighted by Gasteiger charge is -2.06. The molecule has 2 nitrogen and oxygen atoms in total. The predicted molar refractivity (Wildman–Crippen MR) is 49.3 cm³/mol. The first kappa shape index (κ1) is 8.68. The summed E-state index contributed by atoms with van der Waals surface area (Å²) in [5.41, 5.74) is 8.82. The van der Waals surface area contributed by atoms with E-state index in [1.165, 1.54) is 5.56 Å². The smallest absolute Gasteiger partial charge is 0.0517 e. The molecule has 11 heavy (non-hydrogen) atoms. The second-order valence-electron chi connectivity index (χ2n) is 2.51. The van der Waals surface area contributed by atoms with Crippen molar-refractivity contribution in [3.63, 3.8) is 0 Å². The van der Waals surface area contributed by atoms with Crippen LogP contribution in [0.1, 0.15) is 16.8 Å². The van der Waals surface area contributed by atoms with Crippen LogP contribution in [-0.2, 0) is 6.54 Å². The third kappa shape index (κ3) is 1.60. The molecule has 0 spiro atoms. The molecule has 0 saturated carbocycles. The van der Waals surface area contributed by atoms with Crippen molar-refractivity contribution in [1.29, 1.82) is 0 Å². The lowest BCUT2D eigenvalue weighted by Crippen LogP contribution is -2.01. The number of hydrogen-bond acceptors (Lipinski definition) is 2. The van der Waals surface area contributed by atoms with E-state index in [-0.39, 0.29) is 0 Å². The fourth-order valence-corrected chi connectivity index (χ4v) is 1.30. The standard InChI is InChI=1S/C8H11BrN2/c1-5-7(3-10)4-11-6(2)8(5)9/h4H,3,10H2,1-2H3. The van der Waals surface area contributed by atoms with Crippen molar-refractivity contribution in [1.82, 2.24) is 4.98 Å². The topological polar surface area (TPSA) is 38.9 Å². The van der Waals surface area contributed by atoms with Gasteiger partial charge in [0.15, 0.2) is 0 Å². The van der Waals surface area contributed by atoms with E-state index in [1.54, 1.807) is 0 Å². The minimum Gasteiger partial charge on any atom is -0.326 e. The van der Waals surface area contributed by atoms with Crippen LogP contribution in [0.2, 0.25) is 0 Å². The highest BCUT2D eigenvalue weighted by Gasteiger charge is 2.03. The molecular formula is C8H11BrN2. The fraction of sp³-hybridized carbons (Fsp3) is 0.375. The van der Waals surface area contributed by atoms with E-state index in [4.69, 9.17) is 5.73 Å². The Morgan fingerprint density at radius 3 is 2.73 bits per heavy atom. The van der Waals surface area contributed by atoms with E-state index in [0.29, 0.717) is 6.54 Å². The SMILES string of the molecule is Cc1ncc(CN)c(C)c1Br. The van der Waals surface area contributed by atoms with Crippen molar-refractivity contribution in [2.24, 2.45) is 5.73 Å². The normalized spacial score (nSPS) is 10.2. The molecular weight excluding hydrogens is 204 g/mol. The predicted octanol–water partition coefficient (Wildman–Crippen LogP) is 1.92. The van der Waals surface area contributed by atoms with Gasteiger partial charge in [0, 0.05) is 17.2 Å². The summed E-state index contributed by atoms with van der Waals surface area (Å²) in [6.07, 6.45) is 1.83. The zero-order chi connectivity index (χ0) is 8.43. The number of hydrogen-bond donors (Lipinski definition) is 1. The summed E-state index contributed by atoms with van der Waals surface area (Å²) in [5.74, 6) is 0. The van der Waals surface area contributed by atoms with Crippen molar-refractivity contribution >= 4 is 15.9 Å². The van der Waals surface area contributed by atoms with E-state index in [0.717, 1.165) is 15.7 Å². The van der Waals surface area contributed by atoms with E-state index in [1.807, 2.05) is 20.0 Å². The largest absolute Gasteiger partial charge is 0.326 e. The number of aryl methyl sites for hydroxylation is 1. The van der Waals surface area contributed by atoms with Crippen molar-refractivity contribution in [3.8, 4) is 0 Å². The number of pyridine rings is 1. The molecule has 0 aliphatic carbocycles. The number of halogens is 1. The van der Waals surface area contributed by atoms with Crippen molar-refractivity contribution < 1.29 is 0 Å². The van der Waals surface area contributed by atoms with Gasteiger partial charge in [0.2, 0.25) is 0 Å². The minimum atomic E-state index is 0.553. The molecule has 0 unspecified atom stereocenters. The Morgan fingerprint density at radius 1 is 1.55 bits per heavy atom. The molecule has 3 heteroatoms. The van der Waals surface area contributed by atoms with Gasteiger partial charge in [0.1, 0.15) is 0 Å². The lowest BCUT2D eigenvalue weighted by molar-refractivity contribution is 1.00. The van der Waals surface area contributed by atoms with Crippen LogP contribution in [0.3, 0.4) is 0 Å². The van der Waals surface area contributed by atoms with Gasteiger partial charge in [-0.1, -0.05) is 0 Å². The van der Waals surface area contributed by atoms with Gasteiger partial charge < -0.3 is 5.73 Å². The van der Waals surface area contributed by atoms with Crippen LogP contribution in [0.25, 0.3) is 0 Å². The van der Waals surface area contributed by atoms with Crippen LogP contribution in [0, 0.1) is 13.8 Å². The molecule has 2 N–H and O–H groups in total. The Balaban J connectivity index is 3.25. The van der Waals surface area contributed by atoms with Crippen molar-refractivity contribution in [2.45, 2.75) is 20.4 Å². The second-order valence-corrected chi connectivity index (χ2v) is 3.30. The molecule has 0 amide bonds. The van der Waals surface area contributed by atoms with Gasteiger partial charge in [-0.2, -0.15) is 0 Å². The molecule has 60 valence electrons.